The Morgan fingerprint density at radius 3 is 1.81 bits per heavy atom. The van der Waals surface area contributed by atoms with Crippen LogP contribution in [0.25, 0.3) is 5.57 Å². The smallest absolute Gasteiger partial charge is 0.407 e. The summed E-state index contributed by atoms with van der Waals surface area (Å²) in [5.74, 6) is -1.06. The molecule has 0 saturated carbocycles. The lowest BCUT2D eigenvalue weighted by Crippen LogP contribution is -2.42. The van der Waals surface area contributed by atoms with Gasteiger partial charge in [-0.05, 0) is 102 Å². The summed E-state index contributed by atoms with van der Waals surface area (Å²) in [4.78, 5) is 76.6. The number of fused-ring (bicyclic) bond motifs is 2. The molecule has 1 aromatic rings. The summed E-state index contributed by atoms with van der Waals surface area (Å²) in [7, 11) is 0. The molecule has 2 heterocycles. The summed E-state index contributed by atoms with van der Waals surface area (Å²) >= 11 is 0. The quantitative estimate of drug-likeness (QED) is 0.0817. The second-order valence-corrected chi connectivity index (χ2v) is 21.5. The standard InChI is InChI=1S/C56H84N6O8/c1-15-19-21-37(17-3)31-69-53(67)57-25-23-47(63)59-43-29-45-41(55(11,12)35(9)61(45)33(5)6)27-39(43)49-51(65)50(52(49)66)40-28-42-46(62(34(7)8)36(10)56(42,13)14)30-44(40)60-48(64)24-26-58-54(68)70-32-38(18-4)22-20-16-2/h27-30,33-38,65H,15-26,31-32H2,1-14H3,(H,57,67)(H,58,68)(H,59,63). The van der Waals surface area contributed by atoms with Crippen molar-refractivity contribution >= 4 is 52.4 Å². The summed E-state index contributed by atoms with van der Waals surface area (Å²) in [6.45, 7) is 30.5. The largest absolute Gasteiger partial charge is 0.506 e. The van der Waals surface area contributed by atoms with Crippen LogP contribution in [0.15, 0.2) is 57.5 Å². The minimum absolute atomic E-state index is 0.00879. The highest BCUT2D eigenvalue weighted by molar-refractivity contribution is 6.42. The van der Waals surface area contributed by atoms with E-state index in [2.05, 4.69) is 128 Å². The molecule has 1 saturated heterocycles. The van der Waals surface area contributed by atoms with Crippen molar-refractivity contribution in [2.45, 2.75) is 191 Å². The van der Waals surface area contributed by atoms with E-state index in [1.807, 2.05) is 24.3 Å². The predicted octanol–water partition coefficient (Wildman–Crippen LogP) is 11.3. The molecule has 4 aliphatic rings. The van der Waals surface area contributed by atoms with E-state index >= 15 is 0 Å². The Labute approximate surface area is 418 Å². The van der Waals surface area contributed by atoms with Crippen molar-refractivity contribution in [1.29, 1.82) is 0 Å². The average Bonchev–Trinajstić information content (AvgIpc) is 3.62. The number of hydrogen-bond donors (Lipinski definition) is 4. The van der Waals surface area contributed by atoms with E-state index in [1.54, 1.807) is 0 Å². The van der Waals surface area contributed by atoms with Crippen molar-refractivity contribution in [3.63, 3.8) is 0 Å². The molecule has 1 fully saturated rings. The summed E-state index contributed by atoms with van der Waals surface area (Å²) < 4.78 is 11.0. The zero-order valence-electron chi connectivity index (χ0n) is 44.8. The number of nitrogens with one attached hydrogen (secondary N) is 3. The molecule has 5 rings (SSSR count). The van der Waals surface area contributed by atoms with Crippen molar-refractivity contribution in [3.8, 4) is 0 Å². The van der Waals surface area contributed by atoms with E-state index < -0.39 is 29.8 Å². The number of benzene rings is 1. The highest BCUT2D eigenvalue weighted by atomic mass is 16.6. The number of aliphatic imine (C=N–C) groups is 1. The molecule has 14 heteroatoms. The number of alkyl carbamates (subject to hydrolysis) is 2. The van der Waals surface area contributed by atoms with E-state index in [0.717, 1.165) is 73.9 Å². The highest BCUT2D eigenvalue weighted by Gasteiger charge is 2.49. The minimum Gasteiger partial charge on any atom is -0.506 e. The summed E-state index contributed by atoms with van der Waals surface area (Å²) in [5, 5.41) is 20.7. The average molecular weight is 969 g/mol. The molecule has 0 bridgehead atoms. The van der Waals surface area contributed by atoms with Crippen LogP contribution < -0.4 is 20.9 Å². The van der Waals surface area contributed by atoms with Gasteiger partial charge < -0.3 is 40.3 Å². The van der Waals surface area contributed by atoms with Crippen molar-refractivity contribution in [2.75, 3.05) is 36.5 Å². The second kappa shape index (κ2) is 23.7. The lowest BCUT2D eigenvalue weighted by molar-refractivity contribution is -0.118. The molecule has 14 nitrogen and oxygen atoms in total. The predicted molar refractivity (Wildman–Crippen MR) is 280 cm³/mol. The number of carbonyl (C=O) groups excluding carboxylic acids is 5. The first-order chi connectivity index (χ1) is 33.0. The Hall–Kier alpha value is -5.40. The Bertz CT molecular complexity index is 2300. The fraction of sp³-hybridized carbons (Fsp3) is 0.643. The van der Waals surface area contributed by atoms with Crippen molar-refractivity contribution in [1.82, 2.24) is 15.5 Å². The van der Waals surface area contributed by atoms with Crippen LogP contribution in [0.3, 0.4) is 0 Å². The fourth-order valence-electron chi connectivity index (χ4n) is 10.4. The van der Waals surface area contributed by atoms with Gasteiger partial charge in [-0.3, -0.25) is 14.4 Å². The molecule has 0 spiro atoms. The molecular formula is C56H84N6O8. The molecule has 4 N–H and O–H groups in total. The number of allylic oxidation sites excluding steroid dienone is 6. The van der Waals surface area contributed by atoms with Crippen LogP contribution in [0.4, 0.5) is 21.0 Å². The van der Waals surface area contributed by atoms with Gasteiger partial charge in [-0.1, -0.05) is 93.9 Å². The number of rotatable bonds is 22. The molecule has 1 aromatic carbocycles. The third-order valence-electron chi connectivity index (χ3n) is 15.4. The van der Waals surface area contributed by atoms with Gasteiger partial charge in [0, 0.05) is 83.4 Å². The van der Waals surface area contributed by atoms with E-state index in [9.17, 15) is 29.1 Å². The third-order valence-corrected chi connectivity index (χ3v) is 15.4. The summed E-state index contributed by atoms with van der Waals surface area (Å²) in [6.07, 6.45) is 10.5. The van der Waals surface area contributed by atoms with Crippen LogP contribution in [0.1, 0.15) is 172 Å². The number of amides is 4. The number of unbranched alkanes of at least 4 members (excludes halogenated alkanes) is 2. The normalized spacial score (nSPS) is 21.5. The lowest BCUT2D eigenvalue weighted by Gasteiger charge is -2.34. The number of ketones is 1. The van der Waals surface area contributed by atoms with Crippen LogP contribution in [-0.4, -0.2) is 96.0 Å². The number of carbonyl (C=O) groups is 5. The van der Waals surface area contributed by atoms with Gasteiger partial charge in [0.05, 0.1) is 35.8 Å². The maximum Gasteiger partial charge on any atom is 0.407 e. The SMILES string of the molecule is CCCCC(CC)COC(=O)NCCC(=O)N=C1C=C2C(=CC1=C1C(=O)C(c3cc4c(cc3NC(=O)CCNC(=O)OCC(CC)CCCC)N(C(C)C)C(C)C4(C)C)=C1O)C(C)(C)C(C)N2C(C)C. The molecule has 4 unspecified atom stereocenters. The van der Waals surface area contributed by atoms with Crippen LogP contribution in [0.5, 0.6) is 0 Å². The molecule has 0 aromatic heterocycles. The van der Waals surface area contributed by atoms with Gasteiger partial charge in [0.1, 0.15) is 5.76 Å². The number of hydrogen-bond acceptors (Lipinski definition) is 10. The fourth-order valence-corrected chi connectivity index (χ4v) is 10.4. The molecule has 386 valence electrons. The third kappa shape index (κ3) is 12.0. The van der Waals surface area contributed by atoms with Gasteiger partial charge in [0.15, 0.2) is 0 Å². The van der Waals surface area contributed by atoms with Crippen LogP contribution in [-0.2, 0) is 29.3 Å². The number of likely N-dealkylation sites (tertiary alicyclic amines) is 1. The summed E-state index contributed by atoms with van der Waals surface area (Å²) in [6, 6.07) is 4.16. The number of anilines is 2. The molecule has 0 radical (unpaired) electrons. The van der Waals surface area contributed by atoms with E-state index in [0.29, 0.717) is 30.0 Å². The molecule has 70 heavy (non-hydrogen) atoms. The first-order valence-electron chi connectivity index (χ1n) is 26.2. The van der Waals surface area contributed by atoms with E-state index in [4.69, 9.17) is 9.47 Å². The maximum atomic E-state index is 14.9. The Morgan fingerprint density at radius 2 is 1.30 bits per heavy atom. The van der Waals surface area contributed by atoms with Gasteiger partial charge in [0.25, 0.3) is 0 Å². The van der Waals surface area contributed by atoms with Crippen LogP contribution in [0.2, 0.25) is 0 Å². The van der Waals surface area contributed by atoms with Gasteiger partial charge in [-0.25, -0.2) is 14.6 Å². The maximum absolute atomic E-state index is 14.9. The molecule has 4 amide bonds. The lowest BCUT2D eigenvalue weighted by atomic mass is 9.73. The van der Waals surface area contributed by atoms with Crippen molar-refractivity contribution < 1.29 is 38.6 Å². The Morgan fingerprint density at radius 1 is 0.757 bits per heavy atom. The van der Waals surface area contributed by atoms with Crippen molar-refractivity contribution in [2.24, 2.45) is 22.2 Å². The number of aliphatic hydroxyl groups is 1. The number of ether oxygens (including phenoxy) is 2. The monoisotopic (exact) mass is 969 g/mol. The zero-order valence-corrected chi connectivity index (χ0v) is 44.8. The molecule has 2 aliphatic carbocycles. The number of nitrogens with zero attached hydrogens (tertiary/aromatic N) is 3. The second-order valence-electron chi connectivity index (χ2n) is 21.5. The topological polar surface area (TPSA) is 179 Å². The Balaban J connectivity index is 1.50. The van der Waals surface area contributed by atoms with Gasteiger partial charge in [-0.15, -0.1) is 0 Å². The van der Waals surface area contributed by atoms with E-state index in [-0.39, 0.29) is 95.4 Å². The van der Waals surface area contributed by atoms with Crippen LogP contribution in [0, 0.1) is 17.3 Å². The van der Waals surface area contributed by atoms with Gasteiger partial charge in [-0.2, -0.15) is 0 Å². The minimum atomic E-state index is -0.588. The Kier molecular flexibility index (Phi) is 18.8. The van der Waals surface area contributed by atoms with Crippen molar-refractivity contribution in [3.05, 3.63) is 63.6 Å². The first-order valence-corrected chi connectivity index (χ1v) is 26.2. The molecular weight excluding hydrogens is 885 g/mol. The summed E-state index contributed by atoms with van der Waals surface area (Å²) in [5.41, 5.74) is 4.38. The van der Waals surface area contributed by atoms with Gasteiger partial charge >= 0.3 is 12.2 Å². The number of Topliss-reactive ketones (excluding diaryl/α,β-unsaturated/α-hetero) is 1. The molecule has 4 atom stereocenters. The molecule has 2 aliphatic heterocycles. The zero-order chi connectivity index (χ0) is 51.8. The van der Waals surface area contributed by atoms with Crippen LogP contribution >= 0.6 is 0 Å². The van der Waals surface area contributed by atoms with E-state index in [1.165, 1.54) is 0 Å². The first kappa shape index (κ1) is 55.5. The van der Waals surface area contributed by atoms with Gasteiger partial charge in [0.2, 0.25) is 17.6 Å². The number of aliphatic hydroxyl groups excluding tert-OH is 1. The highest BCUT2D eigenvalue weighted by Crippen LogP contribution is 2.53.